The Morgan fingerprint density at radius 1 is 1.13 bits per heavy atom. The number of rotatable bonds is 2. The molecule has 0 bridgehead atoms. The Balaban J connectivity index is 1.94. The van der Waals surface area contributed by atoms with E-state index in [0.717, 1.165) is 6.42 Å². The zero-order valence-corrected chi connectivity index (χ0v) is 10.7. The molecule has 74 valence electrons. The van der Waals surface area contributed by atoms with Gasteiger partial charge in [-0.2, -0.15) is 0 Å². The molecule has 0 nitrogen and oxygen atoms in total. The van der Waals surface area contributed by atoms with Gasteiger partial charge < -0.3 is 0 Å². The van der Waals surface area contributed by atoms with Gasteiger partial charge in [0.15, 0.2) is 0 Å². The Morgan fingerprint density at radius 3 is 2.80 bits per heavy atom. The topological polar surface area (TPSA) is 0 Å². The summed E-state index contributed by atoms with van der Waals surface area (Å²) in [7, 11) is 0. The van der Waals surface area contributed by atoms with E-state index in [1.165, 1.54) is 19.8 Å². The molecule has 1 aliphatic carbocycles. The summed E-state index contributed by atoms with van der Waals surface area (Å²) in [5.41, 5.74) is 1.46. The standard InChI is InChI=1S/C13H10SSe/c1-2-5-10(4-1)11-7-8-12(14-11)13-6-3-9-15-13/h1-4,6-9H,5H2. The van der Waals surface area contributed by atoms with Gasteiger partial charge in [-0.3, -0.25) is 0 Å². The second kappa shape index (κ2) is 3.97. The van der Waals surface area contributed by atoms with Crippen LogP contribution in [0.4, 0.5) is 0 Å². The molecule has 2 heteroatoms. The van der Waals surface area contributed by atoms with Gasteiger partial charge in [0, 0.05) is 0 Å². The Labute approximate surface area is 99.3 Å². The number of thiophene rings is 1. The van der Waals surface area contributed by atoms with Crippen LogP contribution in [0.3, 0.4) is 0 Å². The first-order valence-electron chi connectivity index (χ1n) is 4.93. The minimum absolute atomic E-state index is 0.560. The quantitative estimate of drug-likeness (QED) is 0.732. The van der Waals surface area contributed by atoms with E-state index in [4.69, 9.17) is 0 Å². The van der Waals surface area contributed by atoms with Gasteiger partial charge in [0.05, 0.1) is 0 Å². The van der Waals surface area contributed by atoms with Gasteiger partial charge in [-0.25, -0.2) is 0 Å². The zero-order chi connectivity index (χ0) is 10.1. The fourth-order valence-electron chi connectivity index (χ4n) is 1.69. The van der Waals surface area contributed by atoms with Crippen LogP contribution < -0.4 is 0 Å². The monoisotopic (exact) mass is 278 g/mol. The average molecular weight is 277 g/mol. The van der Waals surface area contributed by atoms with Crippen LogP contribution in [0.5, 0.6) is 0 Å². The molecular formula is C13H10SSe. The molecule has 0 N–H and O–H groups in total. The Hall–Kier alpha value is -0.821. The van der Waals surface area contributed by atoms with Crippen molar-refractivity contribution in [3.8, 4) is 9.31 Å². The normalized spacial score (nSPS) is 14.5. The molecule has 0 radical (unpaired) electrons. The summed E-state index contributed by atoms with van der Waals surface area (Å²) in [6.45, 7) is 0. The molecule has 2 aromatic heterocycles. The van der Waals surface area contributed by atoms with E-state index in [9.17, 15) is 0 Å². The molecule has 0 unspecified atom stereocenters. The van der Waals surface area contributed by atoms with Crippen LogP contribution in [0.2, 0.25) is 0 Å². The Morgan fingerprint density at radius 2 is 2.07 bits per heavy atom. The first-order chi connectivity index (χ1) is 7.43. The fourth-order valence-corrected chi connectivity index (χ4v) is 4.52. The van der Waals surface area contributed by atoms with Crippen molar-refractivity contribution in [2.75, 3.05) is 0 Å². The second-order valence-electron chi connectivity index (χ2n) is 3.47. The van der Waals surface area contributed by atoms with E-state index < -0.39 is 0 Å². The third kappa shape index (κ3) is 1.81. The molecule has 0 saturated heterocycles. The van der Waals surface area contributed by atoms with Gasteiger partial charge in [0.25, 0.3) is 0 Å². The molecule has 15 heavy (non-hydrogen) atoms. The zero-order valence-electron chi connectivity index (χ0n) is 8.14. The van der Waals surface area contributed by atoms with Crippen LogP contribution in [0.25, 0.3) is 14.9 Å². The van der Waals surface area contributed by atoms with E-state index in [2.05, 4.69) is 47.4 Å². The van der Waals surface area contributed by atoms with Crippen molar-refractivity contribution < 1.29 is 0 Å². The summed E-state index contributed by atoms with van der Waals surface area (Å²) < 4.78 is 1.52. The van der Waals surface area contributed by atoms with Crippen molar-refractivity contribution >= 4 is 31.4 Å². The molecule has 0 amide bonds. The first kappa shape index (κ1) is 9.41. The third-order valence-corrected chi connectivity index (χ3v) is 5.84. The van der Waals surface area contributed by atoms with Crippen LogP contribution in [0.15, 0.2) is 47.4 Å². The molecule has 0 spiro atoms. The molecule has 0 aromatic carbocycles. The van der Waals surface area contributed by atoms with E-state index >= 15 is 0 Å². The Bertz CT molecular complexity index is 514. The van der Waals surface area contributed by atoms with Crippen molar-refractivity contribution in [3.63, 3.8) is 0 Å². The van der Waals surface area contributed by atoms with Crippen molar-refractivity contribution in [2.24, 2.45) is 0 Å². The molecule has 1 aliphatic rings. The number of allylic oxidation sites excluding steroid dienone is 4. The SMILES string of the molecule is C1=CCC(c2ccc(-c3ccc[se]3)s2)=C1. The van der Waals surface area contributed by atoms with Gasteiger partial charge >= 0.3 is 99.5 Å². The summed E-state index contributed by atoms with van der Waals surface area (Å²) in [6, 6.07) is 8.94. The molecule has 0 atom stereocenters. The summed E-state index contributed by atoms with van der Waals surface area (Å²) in [6.07, 6.45) is 7.69. The molecule has 0 fully saturated rings. The molecule has 3 rings (SSSR count). The number of hydrogen-bond acceptors (Lipinski definition) is 1. The van der Waals surface area contributed by atoms with Gasteiger partial charge in [-0.1, -0.05) is 0 Å². The molecule has 2 aromatic rings. The Kier molecular flexibility index (Phi) is 2.49. The van der Waals surface area contributed by atoms with Gasteiger partial charge in [-0.05, 0) is 0 Å². The van der Waals surface area contributed by atoms with Crippen LogP contribution in [0.1, 0.15) is 11.3 Å². The van der Waals surface area contributed by atoms with Crippen molar-refractivity contribution in [1.82, 2.24) is 0 Å². The first-order valence-corrected chi connectivity index (χ1v) is 7.59. The summed E-state index contributed by atoms with van der Waals surface area (Å²) in [4.78, 5) is 5.15. The summed E-state index contributed by atoms with van der Waals surface area (Å²) >= 11 is 2.49. The van der Waals surface area contributed by atoms with E-state index in [1.807, 2.05) is 11.3 Å². The van der Waals surface area contributed by atoms with E-state index in [0.29, 0.717) is 14.5 Å². The molecule has 2 heterocycles. The minimum atomic E-state index is 0.560. The fraction of sp³-hybridized carbons (Fsp3) is 0.0769. The van der Waals surface area contributed by atoms with Crippen LogP contribution >= 0.6 is 11.3 Å². The number of hydrogen-bond donors (Lipinski definition) is 0. The molecular weight excluding hydrogens is 267 g/mol. The van der Waals surface area contributed by atoms with Gasteiger partial charge in [-0.15, -0.1) is 0 Å². The van der Waals surface area contributed by atoms with E-state index in [-0.39, 0.29) is 0 Å². The second-order valence-corrected chi connectivity index (χ2v) is 6.54. The van der Waals surface area contributed by atoms with Gasteiger partial charge in [0.1, 0.15) is 0 Å². The average Bonchev–Trinajstić information content (AvgIpc) is 3.02. The van der Waals surface area contributed by atoms with Crippen LogP contribution in [-0.2, 0) is 0 Å². The molecule has 0 aliphatic heterocycles. The van der Waals surface area contributed by atoms with Crippen molar-refractivity contribution in [2.45, 2.75) is 6.42 Å². The van der Waals surface area contributed by atoms with Crippen LogP contribution in [0, 0.1) is 0 Å². The molecule has 0 saturated carbocycles. The maximum atomic E-state index is 2.28. The third-order valence-electron chi connectivity index (χ3n) is 2.46. The predicted molar refractivity (Wildman–Crippen MR) is 68.4 cm³/mol. The summed E-state index contributed by atoms with van der Waals surface area (Å²) in [5.74, 6) is 0. The predicted octanol–water partition coefficient (Wildman–Crippen LogP) is 3.82. The van der Waals surface area contributed by atoms with Gasteiger partial charge in [0.2, 0.25) is 0 Å². The maximum absolute atomic E-state index is 2.28. The van der Waals surface area contributed by atoms with Crippen molar-refractivity contribution in [1.29, 1.82) is 0 Å². The summed E-state index contributed by atoms with van der Waals surface area (Å²) in [5, 5.41) is 0. The van der Waals surface area contributed by atoms with Crippen molar-refractivity contribution in [3.05, 3.63) is 52.3 Å². The van der Waals surface area contributed by atoms with E-state index in [1.54, 1.807) is 0 Å². The van der Waals surface area contributed by atoms with Crippen LogP contribution in [-0.4, -0.2) is 14.5 Å².